The molecule has 0 bridgehead atoms. The van der Waals surface area contributed by atoms with Crippen LogP contribution < -0.4 is 10.3 Å². The summed E-state index contributed by atoms with van der Waals surface area (Å²) in [5, 5.41) is 1.84. The number of aromatic amines is 1. The maximum absolute atomic E-state index is 12.0. The van der Waals surface area contributed by atoms with Gasteiger partial charge in [0.15, 0.2) is 6.61 Å². The highest BCUT2D eigenvalue weighted by atomic mass is 32.1. The molecule has 0 spiro atoms. The number of rotatable bonds is 5. The van der Waals surface area contributed by atoms with Crippen LogP contribution in [-0.4, -0.2) is 28.6 Å². The Kier molecular flexibility index (Phi) is 4.61. The van der Waals surface area contributed by atoms with E-state index in [4.69, 9.17) is 9.47 Å². The molecule has 0 atom stereocenters. The van der Waals surface area contributed by atoms with Crippen LogP contribution in [-0.2, 0) is 9.53 Å². The Hall–Kier alpha value is -2.67. The second-order valence-corrected chi connectivity index (χ2v) is 6.32. The van der Waals surface area contributed by atoms with Crippen molar-refractivity contribution in [3.63, 3.8) is 0 Å². The summed E-state index contributed by atoms with van der Waals surface area (Å²) in [5.74, 6) is 0.623. The summed E-state index contributed by atoms with van der Waals surface area (Å²) in [6.45, 7) is 3.42. The highest BCUT2D eigenvalue weighted by Gasteiger charge is 2.09. The third kappa shape index (κ3) is 3.62. The molecule has 2 heterocycles. The number of hydrogen-bond acceptors (Lipinski definition) is 6. The Bertz CT molecular complexity index is 912. The molecular weight excluding hydrogens is 328 g/mol. The van der Waals surface area contributed by atoms with E-state index in [1.54, 1.807) is 38.1 Å². The third-order valence-corrected chi connectivity index (χ3v) is 4.07. The summed E-state index contributed by atoms with van der Waals surface area (Å²) in [4.78, 5) is 30.7. The quantitative estimate of drug-likeness (QED) is 0.720. The number of thiophene rings is 1. The van der Waals surface area contributed by atoms with Crippen LogP contribution in [0.3, 0.4) is 0 Å². The second kappa shape index (κ2) is 6.84. The summed E-state index contributed by atoms with van der Waals surface area (Å²) < 4.78 is 11.0. The van der Waals surface area contributed by atoms with Crippen molar-refractivity contribution >= 4 is 27.5 Å². The van der Waals surface area contributed by atoms with Gasteiger partial charge in [-0.3, -0.25) is 4.79 Å². The number of fused-ring (bicyclic) bond motifs is 1. The minimum atomic E-state index is -0.414. The smallest absolute Gasteiger partial charge is 0.344 e. The summed E-state index contributed by atoms with van der Waals surface area (Å²) in [6.07, 6.45) is -0.168. The Balaban J connectivity index is 1.74. The molecule has 0 unspecified atom stereocenters. The number of hydrogen-bond donors (Lipinski definition) is 1. The van der Waals surface area contributed by atoms with Gasteiger partial charge in [0, 0.05) is 5.56 Å². The minimum Gasteiger partial charge on any atom is -0.482 e. The van der Waals surface area contributed by atoms with Crippen molar-refractivity contribution in [2.45, 2.75) is 20.0 Å². The van der Waals surface area contributed by atoms with Crippen LogP contribution in [0.15, 0.2) is 40.5 Å². The molecule has 1 aromatic carbocycles. The third-order valence-electron chi connectivity index (χ3n) is 3.17. The molecular formula is C17H16N2O4S. The highest BCUT2D eigenvalue weighted by molar-refractivity contribution is 7.17. The number of nitrogens with zero attached hydrogens (tertiary/aromatic N) is 1. The fourth-order valence-corrected chi connectivity index (χ4v) is 2.88. The van der Waals surface area contributed by atoms with Crippen LogP contribution in [0.1, 0.15) is 13.8 Å². The summed E-state index contributed by atoms with van der Waals surface area (Å²) >= 11 is 1.36. The molecule has 1 N–H and O–H groups in total. The lowest BCUT2D eigenvalue weighted by molar-refractivity contribution is -0.149. The average molecular weight is 344 g/mol. The molecule has 2 aromatic heterocycles. The molecule has 0 aliphatic heterocycles. The van der Waals surface area contributed by atoms with Gasteiger partial charge in [0.25, 0.3) is 5.56 Å². The van der Waals surface area contributed by atoms with Crippen molar-refractivity contribution in [3.05, 3.63) is 46.1 Å². The number of carbonyl (C=O) groups excluding carboxylic acids is 1. The van der Waals surface area contributed by atoms with Gasteiger partial charge in [-0.15, -0.1) is 11.3 Å². The molecule has 6 nitrogen and oxygen atoms in total. The largest absolute Gasteiger partial charge is 0.482 e. The van der Waals surface area contributed by atoms with Gasteiger partial charge in [0.05, 0.1) is 11.6 Å². The van der Waals surface area contributed by atoms with Crippen LogP contribution in [0, 0.1) is 0 Å². The number of H-pyrrole nitrogens is 1. The Labute approximate surface area is 142 Å². The Morgan fingerprint density at radius 2 is 2.00 bits per heavy atom. The standard InChI is InChI=1S/C17H16N2O4S/c1-10(2)23-14(20)9-22-12-5-3-11(4-6-12)16-18-13-7-8-24-15(13)17(21)19-16/h3-8,10H,9H2,1-2H3,(H,18,19,21). The number of carbonyl (C=O) groups is 1. The topological polar surface area (TPSA) is 81.3 Å². The minimum absolute atomic E-state index is 0.145. The maximum atomic E-state index is 12.0. The first-order valence-corrected chi connectivity index (χ1v) is 8.31. The van der Waals surface area contributed by atoms with E-state index in [9.17, 15) is 9.59 Å². The van der Waals surface area contributed by atoms with Crippen LogP contribution in [0.4, 0.5) is 0 Å². The molecule has 0 saturated heterocycles. The molecule has 24 heavy (non-hydrogen) atoms. The number of esters is 1. The maximum Gasteiger partial charge on any atom is 0.344 e. The highest BCUT2D eigenvalue weighted by Crippen LogP contribution is 2.21. The van der Waals surface area contributed by atoms with E-state index >= 15 is 0 Å². The monoisotopic (exact) mass is 344 g/mol. The van der Waals surface area contributed by atoms with E-state index in [1.165, 1.54) is 11.3 Å². The van der Waals surface area contributed by atoms with Crippen LogP contribution in [0.5, 0.6) is 5.75 Å². The van der Waals surface area contributed by atoms with E-state index in [-0.39, 0.29) is 18.3 Å². The lowest BCUT2D eigenvalue weighted by Gasteiger charge is -2.09. The zero-order valence-corrected chi connectivity index (χ0v) is 14.1. The second-order valence-electron chi connectivity index (χ2n) is 5.40. The lowest BCUT2D eigenvalue weighted by atomic mass is 10.2. The van der Waals surface area contributed by atoms with Crippen LogP contribution in [0.25, 0.3) is 21.6 Å². The Morgan fingerprint density at radius 3 is 2.71 bits per heavy atom. The van der Waals surface area contributed by atoms with Gasteiger partial charge in [-0.05, 0) is 49.6 Å². The van der Waals surface area contributed by atoms with Gasteiger partial charge < -0.3 is 14.5 Å². The van der Waals surface area contributed by atoms with E-state index in [1.807, 2.05) is 11.4 Å². The first-order chi connectivity index (χ1) is 11.5. The molecule has 7 heteroatoms. The van der Waals surface area contributed by atoms with Gasteiger partial charge in [-0.25, -0.2) is 9.78 Å². The molecule has 0 radical (unpaired) electrons. The molecule has 0 aliphatic rings. The van der Waals surface area contributed by atoms with Gasteiger partial charge in [-0.1, -0.05) is 0 Å². The van der Waals surface area contributed by atoms with E-state index in [2.05, 4.69) is 9.97 Å². The molecule has 0 saturated carbocycles. The van der Waals surface area contributed by atoms with Crippen molar-refractivity contribution in [2.75, 3.05) is 6.61 Å². The fourth-order valence-electron chi connectivity index (χ4n) is 2.16. The molecule has 3 rings (SSSR count). The number of aromatic nitrogens is 2. The molecule has 0 amide bonds. The first-order valence-electron chi connectivity index (χ1n) is 7.43. The number of benzene rings is 1. The van der Waals surface area contributed by atoms with E-state index < -0.39 is 5.97 Å². The molecule has 0 fully saturated rings. The van der Waals surface area contributed by atoms with Crippen molar-refractivity contribution in [3.8, 4) is 17.1 Å². The summed E-state index contributed by atoms with van der Waals surface area (Å²) in [5.41, 5.74) is 1.29. The predicted molar refractivity (Wildman–Crippen MR) is 92.4 cm³/mol. The lowest BCUT2D eigenvalue weighted by Crippen LogP contribution is -2.18. The van der Waals surface area contributed by atoms with E-state index in [0.29, 0.717) is 21.8 Å². The zero-order chi connectivity index (χ0) is 17.1. The molecule has 3 aromatic rings. The SMILES string of the molecule is CC(C)OC(=O)COc1ccc(-c2nc3ccsc3c(=O)[nH]2)cc1. The number of nitrogens with one attached hydrogen (secondary N) is 1. The van der Waals surface area contributed by atoms with Gasteiger partial charge in [0.1, 0.15) is 16.3 Å². The fraction of sp³-hybridized carbons (Fsp3) is 0.235. The van der Waals surface area contributed by atoms with Crippen molar-refractivity contribution in [1.29, 1.82) is 0 Å². The van der Waals surface area contributed by atoms with E-state index in [0.717, 1.165) is 5.56 Å². The van der Waals surface area contributed by atoms with Crippen LogP contribution in [0.2, 0.25) is 0 Å². The van der Waals surface area contributed by atoms with Crippen molar-refractivity contribution in [1.82, 2.24) is 9.97 Å². The van der Waals surface area contributed by atoms with Crippen molar-refractivity contribution < 1.29 is 14.3 Å². The van der Waals surface area contributed by atoms with Crippen LogP contribution >= 0.6 is 11.3 Å². The van der Waals surface area contributed by atoms with Gasteiger partial charge in [-0.2, -0.15) is 0 Å². The normalized spacial score (nSPS) is 11.0. The summed E-state index contributed by atoms with van der Waals surface area (Å²) in [6, 6.07) is 8.81. The zero-order valence-electron chi connectivity index (χ0n) is 13.2. The molecule has 0 aliphatic carbocycles. The first kappa shape index (κ1) is 16.2. The van der Waals surface area contributed by atoms with Gasteiger partial charge in [0.2, 0.25) is 0 Å². The van der Waals surface area contributed by atoms with Crippen molar-refractivity contribution in [2.24, 2.45) is 0 Å². The predicted octanol–water partition coefficient (Wildman–Crippen LogP) is 2.98. The molecule has 124 valence electrons. The number of ether oxygens (including phenoxy) is 2. The summed E-state index contributed by atoms with van der Waals surface area (Å²) in [7, 11) is 0. The van der Waals surface area contributed by atoms with Gasteiger partial charge >= 0.3 is 5.97 Å². The Morgan fingerprint density at radius 1 is 1.25 bits per heavy atom. The average Bonchev–Trinajstić information content (AvgIpc) is 3.02.